The number of fused-ring (bicyclic) bond motifs is 2. The molecule has 1 fully saturated rings. The fourth-order valence-electron chi connectivity index (χ4n) is 4.35. The van der Waals surface area contributed by atoms with Gasteiger partial charge in [-0.1, -0.05) is 30.8 Å². The lowest BCUT2D eigenvalue weighted by Crippen LogP contribution is -2.48. The number of hydrogen-bond donors (Lipinski definition) is 1. The Bertz CT molecular complexity index is 1400. The zero-order valence-corrected chi connectivity index (χ0v) is 18.9. The van der Waals surface area contributed by atoms with E-state index in [4.69, 9.17) is 4.74 Å². The highest BCUT2D eigenvalue weighted by Crippen LogP contribution is 2.35. The van der Waals surface area contributed by atoms with Crippen molar-refractivity contribution in [1.82, 2.24) is 19.9 Å². The largest absolute Gasteiger partial charge is 0.436 e. The van der Waals surface area contributed by atoms with Gasteiger partial charge in [0, 0.05) is 37.3 Å². The monoisotopic (exact) mass is 455 g/mol. The fourth-order valence-corrected chi connectivity index (χ4v) is 4.35. The van der Waals surface area contributed by atoms with Crippen molar-refractivity contribution in [2.45, 2.75) is 13.5 Å². The van der Waals surface area contributed by atoms with E-state index in [-0.39, 0.29) is 12.5 Å². The zero-order chi connectivity index (χ0) is 23.7. The number of benzene rings is 2. The highest BCUT2D eigenvalue weighted by molar-refractivity contribution is 5.94. The molecule has 0 atom stereocenters. The Kier molecular flexibility index (Phi) is 5.81. The average molecular weight is 456 g/mol. The van der Waals surface area contributed by atoms with Crippen LogP contribution < -0.4 is 9.64 Å². The summed E-state index contributed by atoms with van der Waals surface area (Å²) in [5.41, 5.74) is 2.15. The summed E-state index contributed by atoms with van der Waals surface area (Å²) in [7, 11) is 0. The van der Waals surface area contributed by atoms with Crippen LogP contribution in [-0.2, 0) is 11.4 Å². The summed E-state index contributed by atoms with van der Waals surface area (Å²) < 4.78 is 6.34. The summed E-state index contributed by atoms with van der Waals surface area (Å²) in [5, 5.41) is 12.5. The van der Waals surface area contributed by atoms with Gasteiger partial charge in [0.25, 0.3) is 0 Å². The van der Waals surface area contributed by atoms with E-state index in [0.717, 1.165) is 33.2 Å². The summed E-state index contributed by atoms with van der Waals surface area (Å²) in [6, 6.07) is 13.6. The molecule has 2 aromatic carbocycles. The van der Waals surface area contributed by atoms with Gasteiger partial charge < -0.3 is 19.6 Å². The van der Waals surface area contributed by atoms with E-state index < -0.39 is 0 Å². The van der Waals surface area contributed by atoms with Crippen molar-refractivity contribution >= 4 is 33.4 Å². The maximum atomic E-state index is 11.9. The van der Waals surface area contributed by atoms with Gasteiger partial charge in [0.05, 0.1) is 12.0 Å². The third kappa shape index (κ3) is 4.04. The first-order chi connectivity index (χ1) is 16.6. The maximum absolute atomic E-state index is 11.9. The second kappa shape index (κ2) is 9.07. The zero-order valence-electron chi connectivity index (χ0n) is 18.9. The predicted octanol–water partition coefficient (Wildman–Crippen LogP) is 3.61. The van der Waals surface area contributed by atoms with Crippen molar-refractivity contribution in [3.63, 3.8) is 0 Å². The average Bonchev–Trinajstić information content (AvgIpc) is 2.87. The van der Waals surface area contributed by atoms with Crippen LogP contribution in [0.15, 0.2) is 61.4 Å². The number of pyridine rings is 1. The Morgan fingerprint density at radius 1 is 1.12 bits per heavy atom. The Morgan fingerprint density at radius 3 is 2.68 bits per heavy atom. The van der Waals surface area contributed by atoms with Gasteiger partial charge in [-0.3, -0.25) is 4.79 Å². The molecule has 0 radical (unpaired) electrons. The molecule has 8 nitrogen and oxygen atoms in total. The van der Waals surface area contributed by atoms with Crippen LogP contribution in [0.4, 0.5) is 5.82 Å². The number of carbonyl (C=O) groups is 1. The molecule has 5 rings (SSSR count). The molecule has 1 aliphatic heterocycles. The molecule has 34 heavy (non-hydrogen) atoms. The Labute approximate surface area is 197 Å². The molecule has 1 saturated heterocycles. The van der Waals surface area contributed by atoms with Gasteiger partial charge >= 0.3 is 0 Å². The minimum atomic E-state index is -0.0875. The molecule has 0 bridgehead atoms. The van der Waals surface area contributed by atoms with Crippen molar-refractivity contribution < 1.29 is 14.6 Å². The van der Waals surface area contributed by atoms with Gasteiger partial charge in [-0.2, -0.15) is 0 Å². The number of amides is 1. The number of hydrogen-bond acceptors (Lipinski definition) is 7. The Hall–Kier alpha value is -4.04. The second-order valence-electron chi connectivity index (χ2n) is 8.25. The van der Waals surface area contributed by atoms with Crippen LogP contribution in [0.2, 0.25) is 0 Å². The molecule has 0 saturated carbocycles. The molecule has 0 aliphatic carbocycles. The maximum Gasteiger partial charge on any atom is 0.246 e. The van der Waals surface area contributed by atoms with Gasteiger partial charge in [-0.05, 0) is 42.1 Å². The van der Waals surface area contributed by atoms with Gasteiger partial charge in [0.2, 0.25) is 11.8 Å². The highest BCUT2D eigenvalue weighted by atomic mass is 16.5. The van der Waals surface area contributed by atoms with Crippen LogP contribution in [-0.4, -0.2) is 57.0 Å². The summed E-state index contributed by atoms with van der Waals surface area (Å²) in [4.78, 5) is 29.6. The molecular formula is C26H25N5O3. The lowest BCUT2D eigenvalue weighted by molar-refractivity contribution is -0.126. The van der Waals surface area contributed by atoms with Crippen molar-refractivity contribution in [2.75, 3.05) is 31.1 Å². The van der Waals surface area contributed by atoms with Crippen molar-refractivity contribution in [3.05, 3.63) is 72.7 Å². The Morgan fingerprint density at radius 2 is 1.91 bits per heavy atom. The molecule has 2 aromatic heterocycles. The third-order valence-corrected chi connectivity index (χ3v) is 6.03. The molecule has 4 aromatic rings. The second-order valence-corrected chi connectivity index (χ2v) is 8.25. The summed E-state index contributed by atoms with van der Waals surface area (Å²) in [6.45, 7) is 7.92. The number of piperazine rings is 1. The van der Waals surface area contributed by atoms with Crippen LogP contribution in [0.25, 0.3) is 21.7 Å². The van der Waals surface area contributed by atoms with Crippen LogP contribution >= 0.6 is 0 Å². The number of aryl methyl sites for hydroxylation is 1. The van der Waals surface area contributed by atoms with Crippen LogP contribution in [0, 0.1) is 6.92 Å². The number of aliphatic hydroxyl groups is 1. The molecule has 0 unspecified atom stereocenters. The normalized spacial score (nSPS) is 13.9. The minimum Gasteiger partial charge on any atom is -0.436 e. The molecule has 1 amide bonds. The van der Waals surface area contributed by atoms with E-state index in [9.17, 15) is 9.90 Å². The molecule has 1 aliphatic rings. The molecular weight excluding hydrogens is 430 g/mol. The molecule has 3 heterocycles. The van der Waals surface area contributed by atoms with Gasteiger partial charge in [0.1, 0.15) is 23.4 Å². The Balaban J connectivity index is 1.54. The first-order valence-electron chi connectivity index (χ1n) is 11.2. The summed E-state index contributed by atoms with van der Waals surface area (Å²) in [5.74, 6) is 1.73. The SMILES string of the molecule is C=CC(=O)N1CCN(c2ncnc3c(Oc4cc(CO)cc5ccccc45)nc(C)cc23)CC1. The van der Waals surface area contributed by atoms with Crippen molar-refractivity contribution in [2.24, 2.45) is 0 Å². The number of rotatable bonds is 5. The third-order valence-electron chi connectivity index (χ3n) is 6.03. The van der Waals surface area contributed by atoms with Crippen LogP contribution in [0.3, 0.4) is 0 Å². The standard InChI is InChI=1S/C26H25N5O3/c1-3-23(33)30-8-10-31(11-9-30)25-21-12-17(2)29-26(24(21)27-16-28-25)34-22-14-18(15-32)13-19-6-4-5-7-20(19)22/h3-7,12-14,16,32H,1,8-11,15H2,2H3. The highest BCUT2D eigenvalue weighted by Gasteiger charge is 2.23. The van der Waals surface area contributed by atoms with Crippen LogP contribution in [0.1, 0.15) is 11.3 Å². The number of ether oxygens (including phenoxy) is 1. The summed E-state index contributed by atoms with van der Waals surface area (Å²) in [6.07, 6.45) is 2.87. The van der Waals surface area contributed by atoms with Gasteiger partial charge in [0.15, 0.2) is 0 Å². The van der Waals surface area contributed by atoms with Crippen molar-refractivity contribution in [1.29, 1.82) is 0 Å². The number of carbonyl (C=O) groups excluding carboxylic acids is 1. The van der Waals surface area contributed by atoms with E-state index in [2.05, 4.69) is 26.4 Å². The van der Waals surface area contributed by atoms with E-state index >= 15 is 0 Å². The van der Waals surface area contributed by atoms with E-state index in [1.54, 1.807) is 4.90 Å². The number of nitrogens with zero attached hydrogens (tertiary/aromatic N) is 5. The van der Waals surface area contributed by atoms with Gasteiger partial charge in [-0.25, -0.2) is 15.0 Å². The molecule has 0 spiro atoms. The van der Waals surface area contributed by atoms with Crippen LogP contribution in [0.5, 0.6) is 11.6 Å². The quantitative estimate of drug-likeness (QED) is 0.460. The van der Waals surface area contributed by atoms with Crippen molar-refractivity contribution in [3.8, 4) is 11.6 Å². The predicted molar refractivity (Wildman–Crippen MR) is 131 cm³/mol. The van der Waals surface area contributed by atoms with Gasteiger partial charge in [-0.15, -0.1) is 0 Å². The molecule has 1 N–H and O–H groups in total. The lowest BCUT2D eigenvalue weighted by atomic mass is 10.1. The first-order valence-corrected chi connectivity index (χ1v) is 11.2. The number of aliphatic hydroxyl groups excluding tert-OH is 1. The molecule has 8 heteroatoms. The number of aromatic nitrogens is 3. The molecule has 172 valence electrons. The fraction of sp³-hybridized carbons (Fsp3) is 0.231. The minimum absolute atomic E-state index is 0.0553. The topological polar surface area (TPSA) is 91.7 Å². The number of anilines is 1. The first kappa shape index (κ1) is 21.8. The van der Waals surface area contributed by atoms with E-state index in [0.29, 0.717) is 43.3 Å². The van der Waals surface area contributed by atoms with E-state index in [1.165, 1.54) is 12.4 Å². The lowest BCUT2D eigenvalue weighted by Gasteiger charge is -2.35. The summed E-state index contributed by atoms with van der Waals surface area (Å²) >= 11 is 0. The smallest absolute Gasteiger partial charge is 0.246 e. The van der Waals surface area contributed by atoms with E-state index in [1.807, 2.05) is 49.4 Å².